The number of alkyl halides is 3. The zero-order valence-corrected chi connectivity index (χ0v) is 15.8. The summed E-state index contributed by atoms with van der Waals surface area (Å²) in [6.07, 6.45) is -0.367. The highest BCUT2D eigenvalue weighted by Gasteiger charge is 2.29. The fraction of sp³-hybridized carbons (Fsp3) is 0.647. The molecular weight excluding hydrogens is 337 g/mol. The smallest absolute Gasteiger partial charge is 0.379 e. The summed E-state index contributed by atoms with van der Waals surface area (Å²) in [7, 11) is -0.664. The number of hydrogen-bond acceptors (Lipinski definition) is 3. The highest BCUT2D eigenvalue weighted by molar-refractivity contribution is 6.27. The summed E-state index contributed by atoms with van der Waals surface area (Å²) < 4.78 is 53.7. The van der Waals surface area contributed by atoms with Gasteiger partial charge in [-0.2, -0.15) is 13.2 Å². The molecule has 0 unspecified atom stereocenters. The predicted molar refractivity (Wildman–Crippen MR) is 90.5 cm³/mol. The molecule has 0 aliphatic heterocycles. The number of unbranched alkanes of at least 4 members (excludes halogenated alkanes) is 2. The molecule has 0 saturated heterocycles. The van der Waals surface area contributed by atoms with Gasteiger partial charge in [-0.3, -0.25) is 0 Å². The Balaban J connectivity index is 2.11. The lowest BCUT2D eigenvalue weighted by molar-refractivity contribution is -0.243. The zero-order chi connectivity index (χ0) is 17.8. The van der Waals surface area contributed by atoms with E-state index in [-0.39, 0.29) is 0 Å². The molecule has 24 heavy (non-hydrogen) atoms. The molecule has 0 aliphatic carbocycles. The number of hydrogen-bond donors (Lipinski definition) is 0. The monoisotopic (exact) mass is 364 g/mol. The van der Waals surface area contributed by atoms with Crippen molar-refractivity contribution in [1.29, 1.82) is 0 Å². The summed E-state index contributed by atoms with van der Waals surface area (Å²) in [6, 6.07) is 6.48. The van der Waals surface area contributed by atoms with E-state index in [2.05, 4.69) is 0 Å². The van der Waals surface area contributed by atoms with Crippen molar-refractivity contribution < 1.29 is 27.1 Å². The van der Waals surface area contributed by atoms with Crippen LogP contribution < -0.4 is 0 Å². The maximum atomic E-state index is 12.5. The van der Waals surface area contributed by atoms with Crippen LogP contribution in [-0.4, -0.2) is 29.5 Å². The normalized spacial score (nSPS) is 12.6. The van der Waals surface area contributed by atoms with Gasteiger partial charge in [-0.05, 0) is 50.4 Å². The summed E-state index contributed by atoms with van der Waals surface area (Å²) in [5.41, 5.74) is 0.358. The summed E-state index contributed by atoms with van der Waals surface area (Å²) in [5, 5.41) is 0. The van der Waals surface area contributed by atoms with E-state index in [9.17, 15) is 13.2 Å². The number of benzene rings is 1. The van der Waals surface area contributed by atoms with Gasteiger partial charge in [0.15, 0.2) is 9.76 Å². The first-order chi connectivity index (χ1) is 11.5. The van der Waals surface area contributed by atoms with Crippen LogP contribution in [0.25, 0.3) is 0 Å². The van der Waals surface area contributed by atoms with E-state index in [4.69, 9.17) is 13.9 Å². The van der Waals surface area contributed by atoms with Gasteiger partial charge >= 0.3 is 6.18 Å². The largest absolute Gasteiger partial charge is 0.416 e. The summed E-state index contributed by atoms with van der Waals surface area (Å²) in [6.45, 7) is 4.40. The number of ether oxygens (including phenoxy) is 2. The molecule has 0 heterocycles. The van der Waals surface area contributed by atoms with Gasteiger partial charge in [-0.25, -0.2) is 0 Å². The van der Waals surface area contributed by atoms with Gasteiger partial charge in [0.25, 0.3) is 6.48 Å². The van der Waals surface area contributed by atoms with E-state index in [1.165, 1.54) is 0 Å². The number of rotatable bonds is 12. The van der Waals surface area contributed by atoms with Crippen LogP contribution in [0.4, 0.5) is 13.2 Å². The van der Waals surface area contributed by atoms with Crippen molar-refractivity contribution in [3.63, 3.8) is 0 Å². The quantitative estimate of drug-likeness (QED) is 0.314. The standard InChI is InChI=1S/C17H27F3O3Si/c1-3-21-16(22-4-2)23-24-13-7-5-6-8-14-9-11-15(12-10-14)17(18,19)20/h9-12,16H,3-8,13,24H2,1-2H3. The molecule has 0 aromatic heterocycles. The van der Waals surface area contributed by atoms with Crippen molar-refractivity contribution in [2.24, 2.45) is 0 Å². The van der Waals surface area contributed by atoms with Gasteiger partial charge < -0.3 is 13.9 Å². The van der Waals surface area contributed by atoms with E-state index in [1.807, 2.05) is 13.8 Å². The molecule has 0 atom stereocenters. The van der Waals surface area contributed by atoms with Crippen LogP contribution in [-0.2, 0) is 26.5 Å². The molecule has 0 radical (unpaired) electrons. The van der Waals surface area contributed by atoms with Crippen molar-refractivity contribution in [3.8, 4) is 0 Å². The van der Waals surface area contributed by atoms with Crippen LogP contribution in [0.3, 0.4) is 0 Å². The van der Waals surface area contributed by atoms with Crippen LogP contribution in [0.2, 0.25) is 6.04 Å². The van der Waals surface area contributed by atoms with Crippen molar-refractivity contribution in [3.05, 3.63) is 35.4 Å². The molecule has 0 bridgehead atoms. The van der Waals surface area contributed by atoms with Gasteiger partial charge in [0, 0.05) is 13.2 Å². The second-order valence-corrected chi connectivity index (χ2v) is 6.88. The van der Waals surface area contributed by atoms with Gasteiger partial charge in [0.1, 0.15) is 0 Å². The van der Waals surface area contributed by atoms with E-state index in [0.29, 0.717) is 13.2 Å². The maximum Gasteiger partial charge on any atom is 0.416 e. The topological polar surface area (TPSA) is 27.7 Å². The second kappa shape index (κ2) is 11.6. The first-order valence-electron chi connectivity index (χ1n) is 8.48. The lowest BCUT2D eigenvalue weighted by atomic mass is 10.1. The first kappa shape index (κ1) is 21.2. The molecule has 0 aliphatic rings. The Kier molecular flexibility index (Phi) is 10.2. The van der Waals surface area contributed by atoms with Gasteiger partial charge in [0.2, 0.25) is 0 Å². The van der Waals surface area contributed by atoms with E-state index < -0.39 is 28.0 Å². The van der Waals surface area contributed by atoms with Gasteiger partial charge in [-0.15, -0.1) is 0 Å². The Labute approximate surface area is 144 Å². The van der Waals surface area contributed by atoms with E-state index in [1.54, 1.807) is 12.1 Å². The Bertz CT molecular complexity index is 432. The maximum absolute atomic E-state index is 12.5. The molecule has 1 rings (SSSR count). The molecule has 0 amide bonds. The molecular formula is C17H27F3O3Si. The van der Waals surface area contributed by atoms with E-state index >= 15 is 0 Å². The van der Waals surface area contributed by atoms with Crippen LogP contribution in [0, 0.1) is 0 Å². The summed E-state index contributed by atoms with van der Waals surface area (Å²) >= 11 is 0. The third-order valence-corrected chi connectivity index (χ3v) is 4.80. The molecule has 3 nitrogen and oxygen atoms in total. The molecule has 1 aromatic carbocycles. The first-order valence-corrected chi connectivity index (χ1v) is 10.1. The minimum absolute atomic E-state index is 0.529. The molecule has 1 aromatic rings. The van der Waals surface area contributed by atoms with Crippen LogP contribution >= 0.6 is 0 Å². The summed E-state index contributed by atoms with van der Waals surface area (Å²) in [5.74, 6) is 0. The molecule has 0 fully saturated rings. The fourth-order valence-corrected chi connectivity index (χ4v) is 3.35. The average molecular weight is 364 g/mol. The Morgan fingerprint density at radius 3 is 2.12 bits per heavy atom. The predicted octanol–water partition coefficient (Wildman–Crippen LogP) is 4.29. The number of aryl methyl sites for hydroxylation is 1. The molecule has 7 heteroatoms. The fourth-order valence-electron chi connectivity index (χ4n) is 2.24. The van der Waals surface area contributed by atoms with Crippen molar-refractivity contribution in [2.75, 3.05) is 13.2 Å². The van der Waals surface area contributed by atoms with E-state index in [0.717, 1.165) is 49.4 Å². The Hall–Kier alpha value is -0.893. The van der Waals surface area contributed by atoms with Gasteiger partial charge in [-0.1, -0.05) is 25.0 Å². The average Bonchev–Trinajstić information content (AvgIpc) is 2.54. The van der Waals surface area contributed by atoms with Crippen molar-refractivity contribution >= 4 is 9.76 Å². The summed E-state index contributed by atoms with van der Waals surface area (Å²) in [4.78, 5) is 0. The van der Waals surface area contributed by atoms with Gasteiger partial charge in [0.05, 0.1) is 5.56 Å². The molecule has 0 N–H and O–H groups in total. The minimum Gasteiger partial charge on any atom is -0.379 e. The minimum atomic E-state index is -4.26. The van der Waals surface area contributed by atoms with Crippen LogP contribution in [0.5, 0.6) is 0 Å². The SMILES string of the molecule is CCOC(OCC)O[SiH2]CCCCCc1ccc(C(F)(F)F)cc1. The molecule has 0 saturated carbocycles. The Morgan fingerprint density at radius 2 is 1.58 bits per heavy atom. The Morgan fingerprint density at radius 1 is 0.958 bits per heavy atom. The molecule has 0 spiro atoms. The third-order valence-electron chi connectivity index (χ3n) is 3.50. The van der Waals surface area contributed by atoms with Crippen molar-refractivity contribution in [2.45, 2.75) is 58.2 Å². The zero-order valence-electron chi connectivity index (χ0n) is 14.4. The van der Waals surface area contributed by atoms with Crippen molar-refractivity contribution in [1.82, 2.24) is 0 Å². The van der Waals surface area contributed by atoms with Crippen LogP contribution in [0.1, 0.15) is 44.2 Å². The lowest BCUT2D eigenvalue weighted by Crippen LogP contribution is -2.22. The third kappa shape index (κ3) is 8.82. The molecule has 138 valence electrons. The second-order valence-electron chi connectivity index (χ2n) is 5.43. The highest BCUT2D eigenvalue weighted by atomic mass is 28.2. The highest BCUT2D eigenvalue weighted by Crippen LogP contribution is 2.29. The number of halogens is 3. The van der Waals surface area contributed by atoms with Crippen LogP contribution in [0.15, 0.2) is 24.3 Å². The lowest BCUT2D eigenvalue weighted by Gasteiger charge is -2.17.